The number of rotatable bonds is 14. The number of hydrogen-bond acceptors (Lipinski definition) is 2. The van der Waals surface area contributed by atoms with Crippen molar-refractivity contribution in [3.8, 4) is 0 Å². The smallest absolute Gasteiger partial charge is 0.305 e. The number of hydrogen-bond donors (Lipinski definition) is 0. The largest absolute Gasteiger partial charge is 0.466 e. The van der Waals surface area contributed by atoms with Crippen LogP contribution in [-0.4, -0.2) is 12.6 Å². The lowest BCUT2D eigenvalue weighted by atomic mass is 10.1. The summed E-state index contributed by atoms with van der Waals surface area (Å²) in [6.07, 6.45) is 13.8. The van der Waals surface area contributed by atoms with E-state index in [1.165, 1.54) is 44.1 Å². The molecule has 1 rings (SSSR count). The molecule has 0 heterocycles. The van der Waals surface area contributed by atoms with Crippen LogP contribution in [0.5, 0.6) is 0 Å². The van der Waals surface area contributed by atoms with Crippen molar-refractivity contribution in [3.05, 3.63) is 35.9 Å². The molecule has 0 N–H and O–H groups in total. The Hall–Kier alpha value is -1.31. The maximum Gasteiger partial charge on any atom is 0.305 e. The monoisotopic (exact) mass is 318 g/mol. The van der Waals surface area contributed by atoms with Gasteiger partial charge in [0.2, 0.25) is 0 Å². The zero-order valence-electron chi connectivity index (χ0n) is 14.9. The maximum atomic E-state index is 11.6. The van der Waals surface area contributed by atoms with Crippen LogP contribution in [0.3, 0.4) is 0 Å². The second kappa shape index (κ2) is 14.3. The van der Waals surface area contributed by atoms with Gasteiger partial charge in [-0.1, -0.05) is 82.2 Å². The summed E-state index contributed by atoms with van der Waals surface area (Å²) in [6.45, 7) is 2.82. The molecular weight excluding hydrogens is 284 g/mol. The first-order valence-corrected chi connectivity index (χ1v) is 9.52. The number of benzene rings is 1. The van der Waals surface area contributed by atoms with E-state index in [2.05, 4.69) is 31.2 Å². The second-order valence-electron chi connectivity index (χ2n) is 6.39. The molecule has 1 aromatic rings. The summed E-state index contributed by atoms with van der Waals surface area (Å²) >= 11 is 0. The Morgan fingerprint density at radius 2 is 1.48 bits per heavy atom. The molecule has 2 nitrogen and oxygen atoms in total. The van der Waals surface area contributed by atoms with Gasteiger partial charge in [-0.2, -0.15) is 0 Å². The van der Waals surface area contributed by atoms with E-state index in [0.717, 1.165) is 32.1 Å². The predicted octanol–water partition coefficient (Wildman–Crippen LogP) is 6.08. The topological polar surface area (TPSA) is 26.3 Å². The Bertz CT molecular complexity index is 386. The molecule has 23 heavy (non-hydrogen) atoms. The lowest BCUT2D eigenvalue weighted by molar-refractivity contribution is -0.143. The lowest BCUT2D eigenvalue weighted by Crippen LogP contribution is -2.05. The first-order chi connectivity index (χ1) is 11.3. The average molecular weight is 319 g/mol. The highest BCUT2D eigenvalue weighted by Crippen LogP contribution is 2.10. The van der Waals surface area contributed by atoms with Gasteiger partial charge >= 0.3 is 5.97 Å². The molecule has 0 atom stereocenters. The highest BCUT2D eigenvalue weighted by atomic mass is 16.5. The number of ether oxygens (including phenoxy) is 1. The molecule has 0 bridgehead atoms. The fourth-order valence-corrected chi connectivity index (χ4v) is 2.74. The van der Waals surface area contributed by atoms with E-state index in [1.54, 1.807) is 0 Å². The molecule has 0 amide bonds. The molecule has 2 heteroatoms. The van der Waals surface area contributed by atoms with Crippen molar-refractivity contribution in [1.82, 2.24) is 0 Å². The van der Waals surface area contributed by atoms with Crippen LogP contribution >= 0.6 is 0 Å². The van der Waals surface area contributed by atoms with E-state index in [0.29, 0.717) is 13.0 Å². The molecular formula is C21H34O2. The highest BCUT2D eigenvalue weighted by Gasteiger charge is 2.02. The molecule has 0 aliphatic heterocycles. The predicted molar refractivity (Wildman–Crippen MR) is 97.6 cm³/mol. The van der Waals surface area contributed by atoms with Gasteiger partial charge in [-0.05, 0) is 31.2 Å². The van der Waals surface area contributed by atoms with E-state index in [9.17, 15) is 4.79 Å². The van der Waals surface area contributed by atoms with Crippen molar-refractivity contribution < 1.29 is 9.53 Å². The van der Waals surface area contributed by atoms with E-state index in [4.69, 9.17) is 4.74 Å². The van der Waals surface area contributed by atoms with Crippen molar-refractivity contribution in [2.45, 2.75) is 84.0 Å². The summed E-state index contributed by atoms with van der Waals surface area (Å²) in [4.78, 5) is 11.6. The standard InChI is InChI=1S/C21H34O2/c1-2-3-4-5-6-7-8-12-18-21(22)23-19-14-13-17-20-15-10-9-11-16-20/h9-11,15-16H,2-8,12-14,17-19H2,1H3. The maximum absolute atomic E-state index is 11.6. The Labute approximate surface area is 142 Å². The zero-order chi connectivity index (χ0) is 16.6. The number of carbonyl (C=O) groups excluding carboxylic acids is 1. The van der Waals surface area contributed by atoms with Gasteiger partial charge in [-0.25, -0.2) is 0 Å². The number of unbranched alkanes of at least 4 members (excludes halogenated alkanes) is 8. The molecule has 0 aromatic heterocycles. The SMILES string of the molecule is CCCCCCCCCCC(=O)OCCCCc1ccccc1. The summed E-state index contributed by atoms with van der Waals surface area (Å²) in [6, 6.07) is 10.5. The first kappa shape index (κ1) is 19.7. The summed E-state index contributed by atoms with van der Waals surface area (Å²) in [5.41, 5.74) is 1.36. The molecule has 0 spiro atoms. The Morgan fingerprint density at radius 3 is 2.17 bits per heavy atom. The van der Waals surface area contributed by atoms with Gasteiger partial charge in [0.05, 0.1) is 6.61 Å². The first-order valence-electron chi connectivity index (χ1n) is 9.52. The van der Waals surface area contributed by atoms with Crippen molar-refractivity contribution in [2.75, 3.05) is 6.61 Å². The third kappa shape index (κ3) is 11.9. The van der Waals surface area contributed by atoms with Crippen LogP contribution in [-0.2, 0) is 16.0 Å². The van der Waals surface area contributed by atoms with Crippen molar-refractivity contribution in [2.24, 2.45) is 0 Å². The van der Waals surface area contributed by atoms with Gasteiger partial charge in [-0.15, -0.1) is 0 Å². The van der Waals surface area contributed by atoms with Crippen molar-refractivity contribution in [1.29, 1.82) is 0 Å². The number of carbonyl (C=O) groups is 1. The second-order valence-corrected chi connectivity index (χ2v) is 6.39. The molecule has 130 valence electrons. The van der Waals surface area contributed by atoms with Gasteiger partial charge < -0.3 is 4.74 Å². The zero-order valence-corrected chi connectivity index (χ0v) is 14.9. The summed E-state index contributed by atoms with van der Waals surface area (Å²) in [5.74, 6) is -0.0179. The van der Waals surface area contributed by atoms with Crippen molar-refractivity contribution in [3.63, 3.8) is 0 Å². The summed E-state index contributed by atoms with van der Waals surface area (Å²) in [7, 11) is 0. The van der Waals surface area contributed by atoms with E-state index < -0.39 is 0 Å². The Balaban J connectivity index is 1.85. The minimum Gasteiger partial charge on any atom is -0.466 e. The molecule has 0 radical (unpaired) electrons. The summed E-state index contributed by atoms with van der Waals surface area (Å²) < 4.78 is 5.30. The minimum absolute atomic E-state index is 0.0179. The minimum atomic E-state index is -0.0179. The third-order valence-electron chi connectivity index (χ3n) is 4.20. The van der Waals surface area contributed by atoms with Crippen LogP contribution in [0.4, 0.5) is 0 Å². The van der Waals surface area contributed by atoms with Crippen LogP contribution in [0.15, 0.2) is 30.3 Å². The van der Waals surface area contributed by atoms with Crippen LogP contribution in [0.1, 0.15) is 83.1 Å². The molecule has 0 aliphatic rings. The van der Waals surface area contributed by atoms with Crippen LogP contribution in [0.25, 0.3) is 0 Å². The van der Waals surface area contributed by atoms with E-state index >= 15 is 0 Å². The van der Waals surface area contributed by atoms with E-state index in [1.807, 2.05) is 6.07 Å². The molecule has 0 aliphatic carbocycles. The van der Waals surface area contributed by atoms with Crippen LogP contribution < -0.4 is 0 Å². The number of aryl methyl sites for hydroxylation is 1. The Morgan fingerprint density at radius 1 is 0.826 bits per heavy atom. The molecule has 0 unspecified atom stereocenters. The van der Waals surface area contributed by atoms with E-state index in [-0.39, 0.29) is 5.97 Å². The molecule has 0 fully saturated rings. The van der Waals surface area contributed by atoms with Gasteiger partial charge in [0, 0.05) is 6.42 Å². The van der Waals surface area contributed by atoms with Gasteiger partial charge in [-0.3, -0.25) is 4.79 Å². The van der Waals surface area contributed by atoms with Gasteiger partial charge in [0.15, 0.2) is 0 Å². The quantitative estimate of drug-likeness (QED) is 0.307. The fourth-order valence-electron chi connectivity index (χ4n) is 2.74. The van der Waals surface area contributed by atoms with Crippen molar-refractivity contribution >= 4 is 5.97 Å². The normalized spacial score (nSPS) is 10.7. The number of esters is 1. The fraction of sp³-hybridized carbons (Fsp3) is 0.667. The van der Waals surface area contributed by atoms with Crippen LogP contribution in [0, 0.1) is 0 Å². The van der Waals surface area contributed by atoms with Gasteiger partial charge in [0.1, 0.15) is 0 Å². The Kier molecular flexibility index (Phi) is 12.3. The average Bonchev–Trinajstić information content (AvgIpc) is 2.58. The van der Waals surface area contributed by atoms with Crippen LogP contribution in [0.2, 0.25) is 0 Å². The highest BCUT2D eigenvalue weighted by molar-refractivity contribution is 5.69. The van der Waals surface area contributed by atoms with Gasteiger partial charge in [0.25, 0.3) is 0 Å². The summed E-state index contributed by atoms with van der Waals surface area (Å²) in [5, 5.41) is 0. The molecule has 0 saturated heterocycles. The third-order valence-corrected chi connectivity index (χ3v) is 4.20. The lowest BCUT2D eigenvalue weighted by Gasteiger charge is -2.05. The molecule has 1 aromatic carbocycles. The molecule has 0 saturated carbocycles.